The molecule has 2 atom stereocenters. The molecule has 3 nitrogen and oxygen atoms in total. The van der Waals surface area contributed by atoms with Crippen molar-refractivity contribution < 1.29 is 8.83 Å². The van der Waals surface area contributed by atoms with Gasteiger partial charge in [-0.2, -0.15) is 0 Å². The molecule has 2 unspecified atom stereocenters. The lowest BCUT2D eigenvalue weighted by atomic mass is 9.77. The highest BCUT2D eigenvalue weighted by Crippen LogP contribution is 2.46. The SMILES string of the molecule is CC1CC(N(C2=CC(c3ccccc3)=CCC2)c2ccc(C3=c4oc5ccccc5c4=C=CC=C3)cc2)=CC=C1C1CC=Cc2c1oc1ccccc21. The van der Waals surface area contributed by atoms with E-state index in [9.17, 15) is 0 Å². The van der Waals surface area contributed by atoms with Gasteiger partial charge in [0.15, 0.2) is 5.42 Å². The van der Waals surface area contributed by atoms with Gasteiger partial charge in [-0.1, -0.05) is 116 Å². The third kappa shape index (κ3) is 5.53. The molecule has 0 spiro atoms. The van der Waals surface area contributed by atoms with Crippen LogP contribution < -0.4 is 15.5 Å². The van der Waals surface area contributed by atoms with Crippen LogP contribution in [-0.4, -0.2) is 0 Å². The molecule has 53 heavy (non-hydrogen) atoms. The molecular weight excluding hydrogens is 647 g/mol. The normalized spacial score (nSPS) is 19.2. The molecular formula is C50H39NO2. The van der Waals surface area contributed by atoms with E-state index in [1.54, 1.807) is 0 Å². The van der Waals surface area contributed by atoms with E-state index in [1.165, 1.54) is 39.1 Å². The van der Waals surface area contributed by atoms with E-state index in [4.69, 9.17) is 8.83 Å². The van der Waals surface area contributed by atoms with Crippen LogP contribution in [0.15, 0.2) is 178 Å². The predicted molar refractivity (Wildman–Crippen MR) is 218 cm³/mol. The minimum atomic E-state index is 0.240. The van der Waals surface area contributed by atoms with Gasteiger partial charge in [0.25, 0.3) is 0 Å². The van der Waals surface area contributed by atoms with E-state index in [0.717, 1.165) is 75.5 Å². The minimum Gasteiger partial charge on any atom is -0.460 e. The van der Waals surface area contributed by atoms with Crippen molar-refractivity contribution in [2.45, 2.75) is 38.5 Å². The standard InChI is InChI=1S/C50H39NO2/c1-33-31-39(29-30-40(33)44-21-12-22-46-43-19-8-10-24-48(43)53-50(44)46)51(38-16-11-15-36(32-38)34-13-3-2-4-14-34)37-27-25-35(26-28-37)41-17-5-6-20-45-42-18-7-9-23-47(42)52-49(41)45/h2-10,12-15,17-19,22-30,32-33,44H,11,16,21,31H2,1H3. The van der Waals surface area contributed by atoms with E-state index < -0.39 is 0 Å². The zero-order valence-electron chi connectivity index (χ0n) is 29.8. The van der Waals surface area contributed by atoms with Gasteiger partial charge in [0, 0.05) is 44.9 Å². The lowest BCUT2D eigenvalue weighted by molar-refractivity contribution is 0.482. The van der Waals surface area contributed by atoms with E-state index in [2.05, 4.69) is 157 Å². The Morgan fingerprint density at radius 2 is 1.51 bits per heavy atom. The van der Waals surface area contributed by atoms with Gasteiger partial charge in [0.2, 0.25) is 0 Å². The van der Waals surface area contributed by atoms with Crippen molar-refractivity contribution in [1.82, 2.24) is 0 Å². The zero-order valence-corrected chi connectivity index (χ0v) is 29.8. The monoisotopic (exact) mass is 685 g/mol. The molecule has 0 fully saturated rings. The molecule has 2 aromatic heterocycles. The van der Waals surface area contributed by atoms with Crippen LogP contribution in [0, 0.1) is 5.92 Å². The molecule has 0 saturated carbocycles. The summed E-state index contributed by atoms with van der Waals surface area (Å²) < 4.78 is 13.0. The molecule has 0 radical (unpaired) electrons. The summed E-state index contributed by atoms with van der Waals surface area (Å²) in [6.07, 6.45) is 24.2. The molecule has 0 bridgehead atoms. The Bertz CT molecular complexity index is 2770. The van der Waals surface area contributed by atoms with Gasteiger partial charge in [-0.25, -0.2) is 0 Å². The number of hydrogen-bond donors (Lipinski definition) is 0. The van der Waals surface area contributed by atoms with Crippen LogP contribution in [0.3, 0.4) is 0 Å². The van der Waals surface area contributed by atoms with Crippen LogP contribution in [0.4, 0.5) is 5.69 Å². The third-order valence-corrected chi connectivity index (χ3v) is 11.2. The first-order valence-corrected chi connectivity index (χ1v) is 18.8. The maximum Gasteiger partial charge on any atom is 0.150 e. The first kappa shape index (κ1) is 31.5. The summed E-state index contributed by atoms with van der Waals surface area (Å²) in [5, 5.41) is 3.29. The average Bonchev–Trinajstić information content (AvgIpc) is 3.70. The molecule has 2 heterocycles. The van der Waals surface area contributed by atoms with Crippen LogP contribution in [0.2, 0.25) is 0 Å². The number of furan rings is 2. The number of fused-ring (bicyclic) bond motifs is 6. The highest BCUT2D eigenvalue weighted by atomic mass is 16.3. The van der Waals surface area contributed by atoms with Crippen LogP contribution >= 0.6 is 0 Å². The van der Waals surface area contributed by atoms with Gasteiger partial charge in [0.05, 0.1) is 5.22 Å². The lowest BCUT2D eigenvalue weighted by Gasteiger charge is -2.36. The Morgan fingerprint density at radius 1 is 0.736 bits per heavy atom. The van der Waals surface area contributed by atoms with Crippen molar-refractivity contribution in [3.8, 4) is 0 Å². The fraction of sp³-hybridized carbons (Fsp3) is 0.140. The first-order valence-electron chi connectivity index (χ1n) is 18.8. The van der Waals surface area contributed by atoms with Crippen LogP contribution in [0.1, 0.15) is 61.0 Å². The Morgan fingerprint density at radius 3 is 2.34 bits per heavy atom. The number of anilines is 1. The second kappa shape index (κ2) is 13.0. The fourth-order valence-electron chi connectivity index (χ4n) is 8.67. The molecule has 4 aliphatic carbocycles. The molecule has 3 heteroatoms. The largest absolute Gasteiger partial charge is 0.460 e. The van der Waals surface area contributed by atoms with Gasteiger partial charge >= 0.3 is 0 Å². The highest BCUT2D eigenvalue weighted by molar-refractivity contribution is 5.90. The van der Waals surface area contributed by atoms with Gasteiger partial charge in [-0.3, -0.25) is 0 Å². The molecule has 4 aliphatic rings. The van der Waals surface area contributed by atoms with E-state index in [-0.39, 0.29) is 5.92 Å². The van der Waals surface area contributed by atoms with Crippen molar-refractivity contribution in [2.24, 2.45) is 5.92 Å². The summed E-state index contributed by atoms with van der Waals surface area (Å²) >= 11 is 0. The maximum absolute atomic E-state index is 6.55. The number of allylic oxidation sites excluding steroid dienone is 12. The van der Waals surface area contributed by atoms with E-state index in [1.807, 2.05) is 18.2 Å². The van der Waals surface area contributed by atoms with Gasteiger partial charge in [-0.15, -0.1) is 5.73 Å². The molecule has 4 aromatic carbocycles. The van der Waals surface area contributed by atoms with Crippen LogP contribution in [0.25, 0.3) is 44.9 Å². The molecule has 0 N–H and O–H groups in total. The summed E-state index contributed by atoms with van der Waals surface area (Å²) in [5.74, 6) is 1.70. The van der Waals surface area contributed by atoms with Gasteiger partial charge < -0.3 is 13.7 Å². The number of nitrogens with zero attached hydrogens (tertiary/aromatic N) is 1. The van der Waals surface area contributed by atoms with Crippen molar-refractivity contribution in [2.75, 3.05) is 4.90 Å². The minimum absolute atomic E-state index is 0.240. The number of rotatable bonds is 6. The van der Waals surface area contributed by atoms with Crippen LogP contribution in [0.5, 0.6) is 0 Å². The summed E-state index contributed by atoms with van der Waals surface area (Å²) in [7, 11) is 0. The smallest absolute Gasteiger partial charge is 0.150 e. The maximum atomic E-state index is 6.55. The van der Waals surface area contributed by atoms with E-state index in [0.29, 0.717) is 5.92 Å². The van der Waals surface area contributed by atoms with Crippen molar-refractivity contribution in [1.29, 1.82) is 0 Å². The number of benzene rings is 4. The quantitative estimate of drug-likeness (QED) is 0.175. The Hall–Kier alpha value is -6.28. The number of hydrogen-bond acceptors (Lipinski definition) is 3. The summed E-state index contributed by atoms with van der Waals surface area (Å²) in [4.78, 5) is 2.52. The third-order valence-electron chi connectivity index (χ3n) is 11.2. The molecule has 0 amide bonds. The average molecular weight is 686 g/mol. The summed E-state index contributed by atoms with van der Waals surface area (Å²) in [5.41, 5.74) is 17.3. The predicted octanol–water partition coefficient (Wildman–Crippen LogP) is 11.5. The Labute approximate surface area is 309 Å². The van der Waals surface area contributed by atoms with E-state index >= 15 is 0 Å². The zero-order chi connectivity index (χ0) is 35.3. The highest BCUT2D eigenvalue weighted by Gasteiger charge is 2.32. The lowest BCUT2D eigenvalue weighted by Crippen LogP contribution is -2.27. The Kier molecular flexibility index (Phi) is 7.74. The molecule has 10 rings (SSSR count). The summed E-state index contributed by atoms with van der Waals surface area (Å²) in [6.45, 7) is 2.39. The molecule has 0 aliphatic heterocycles. The topological polar surface area (TPSA) is 29.5 Å². The second-order valence-corrected chi connectivity index (χ2v) is 14.5. The van der Waals surface area contributed by atoms with Crippen LogP contribution in [-0.2, 0) is 0 Å². The molecule has 256 valence electrons. The first-order chi connectivity index (χ1) is 26.2. The Balaban J connectivity index is 1.06. The van der Waals surface area contributed by atoms with Crippen molar-refractivity contribution in [3.63, 3.8) is 0 Å². The molecule has 6 aromatic rings. The fourth-order valence-corrected chi connectivity index (χ4v) is 8.67. The molecule has 0 saturated heterocycles. The summed E-state index contributed by atoms with van der Waals surface area (Å²) in [6, 6.07) is 36.4. The number of para-hydroxylation sites is 2. The van der Waals surface area contributed by atoms with Crippen molar-refractivity contribution >= 4 is 50.6 Å². The van der Waals surface area contributed by atoms with Gasteiger partial charge in [0.1, 0.15) is 16.9 Å². The second-order valence-electron chi connectivity index (χ2n) is 14.5. The van der Waals surface area contributed by atoms with Gasteiger partial charge in [-0.05, 0) is 103 Å². The van der Waals surface area contributed by atoms with Crippen molar-refractivity contribution in [3.05, 3.63) is 202 Å².